The van der Waals surface area contributed by atoms with Crippen molar-refractivity contribution >= 4 is 44.5 Å². The monoisotopic (exact) mass is 478 g/mol. The Bertz CT molecular complexity index is 1380. The third kappa shape index (κ3) is 4.08. The number of nitrogens with zero attached hydrogens (tertiary/aromatic N) is 1. The molecule has 1 heterocycles. The molecule has 0 aromatic heterocycles. The second-order valence-electron chi connectivity index (χ2n) is 7.78. The second kappa shape index (κ2) is 8.89. The van der Waals surface area contributed by atoms with Gasteiger partial charge in [-0.05, 0) is 48.7 Å². The van der Waals surface area contributed by atoms with Gasteiger partial charge in [-0.15, -0.1) is 6.58 Å². The van der Waals surface area contributed by atoms with Gasteiger partial charge in [-0.3, -0.25) is 9.10 Å². The highest BCUT2D eigenvalue weighted by molar-refractivity contribution is 7.97. The summed E-state index contributed by atoms with van der Waals surface area (Å²) in [6.07, 6.45) is 1.49. The van der Waals surface area contributed by atoms with Crippen LogP contribution in [0.5, 0.6) is 0 Å². The number of para-hydroxylation sites is 1. The van der Waals surface area contributed by atoms with Gasteiger partial charge in [0.15, 0.2) is 4.91 Å². The summed E-state index contributed by atoms with van der Waals surface area (Å²) in [4.78, 5) is 13.4. The third-order valence-electron chi connectivity index (χ3n) is 5.56. The Labute approximate surface area is 199 Å². The van der Waals surface area contributed by atoms with Crippen LogP contribution >= 0.6 is 11.6 Å². The summed E-state index contributed by atoms with van der Waals surface area (Å²) in [5, 5.41) is 3.29. The highest BCUT2D eigenvalue weighted by Gasteiger charge is 2.41. The first-order chi connectivity index (χ1) is 15.8. The smallest absolute Gasteiger partial charge is 0.270 e. The molecule has 0 unspecified atom stereocenters. The zero-order chi connectivity index (χ0) is 23.8. The lowest BCUT2D eigenvalue weighted by atomic mass is 9.95. The van der Waals surface area contributed by atoms with E-state index in [0.29, 0.717) is 33.1 Å². The van der Waals surface area contributed by atoms with Crippen molar-refractivity contribution in [1.29, 1.82) is 0 Å². The van der Waals surface area contributed by atoms with E-state index >= 15 is 0 Å². The van der Waals surface area contributed by atoms with Gasteiger partial charge in [-0.1, -0.05) is 66.2 Å². The van der Waals surface area contributed by atoms with Gasteiger partial charge in [0, 0.05) is 21.8 Å². The molecule has 3 aromatic carbocycles. The van der Waals surface area contributed by atoms with Crippen LogP contribution in [0.4, 0.5) is 11.4 Å². The SMILES string of the molecule is C=CCN1c2ccc(Cl)cc2C(c2ccccc2)=C(C(=O)Nc2c(C)cccc2C)S1(=O)=O. The molecule has 1 aliphatic heterocycles. The standard InChI is InChI=1S/C26H23ClN2O3S/c1-4-15-29-22-14-13-20(27)16-21(22)23(19-11-6-5-7-12-19)25(33(29,31)32)26(30)28-24-17(2)9-8-10-18(24)3/h4-14,16H,1,15H2,2-3H3,(H,28,30). The molecule has 7 heteroatoms. The average Bonchev–Trinajstić information content (AvgIpc) is 2.78. The Kier molecular flexibility index (Phi) is 6.15. The number of rotatable bonds is 5. The molecule has 0 spiro atoms. The van der Waals surface area contributed by atoms with Crippen LogP contribution in [0.3, 0.4) is 0 Å². The van der Waals surface area contributed by atoms with Gasteiger partial charge in [0.1, 0.15) is 0 Å². The van der Waals surface area contributed by atoms with Gasteiger partial charge in [0.25, 0.3) is 15.9 Å². The van der Waals surface area contributed by atoms with Crippen molar-refractivity contribution < 1.29 is 13.2 Å². The van der Waals surface area contributed by atoms with E-state index in [4.69, 9.17) is 11.6 Å². The molecule has 0 fully saturated rings. The molecule has 0 atom stereocenters. The third-order valence-corrected chi connectivity index (χ3v) is 7.62. The molecule has 0 radical (unpaired) electrons. The summed E-state index contributed by atoms with van der Waals surface area (Å²) in [5.41, 5.74) is 4.20. The first-order valence-corrected chi connectivity index (χ1v) is 12.2. The fraction of sp³-hybridized carbons (Fsp3) is 0.115. The predicted molar refractivity (Wildman–Crippen MR) is 135 cm³/mol. The Hall–Kier alpha value is -3.35. The van der Waals surface area contributed by atoms with Crippen molar-refractivity contribution in [2.75, 3.05) is 16.2 Å². The van der Waals surface area contributed by atoms with E-state index in [1.54, 1.807) is 42.5 Å². The molecule has 0 saturated heterocycles. The van der Waals surface area contributed by atoms with Crippen molar-refractivity contribution in [1.82, 2.24) is 0 Å². The van der Waals surface area contributed by atoms with Gasteiger partial charge in [0.2, 0.25) is 0 Å². The fourth-order valence-corrected chi connectivity index (χ4v) is 5.92. The largest absolute Gasteiger partial charge is 0.321 e. The summed E-state index contributed by atoms with van der Waals surface area (Å²) in [5.74, 6) is -0.703. The lowest BCUT2D eigenvalue weighted by molar-refractivity contribution is -0.112. The molecular formula is C26H23ClN2O3S. The fourth-order valence-electron chi connectivity index (χ4n) is 4.03. The molecule has 1 amide bonds. The van der Waals surface area contributed by atoms with Crippen molar-refractivity contribution in [3.63, 3.8) is 0 Å². The highest BCUT2D eigenvalue weighted by Crippen LogP contribution is 2.44. The lowest BCUT2D eigenvalue weighted by Crippen LogP contribution is -2.40. The number of fused-ring (bicyclic) bond motifs is 1. The van der Waals surface area contributed by atoms with Crippen molar-refractivity contribution in [2.45, 2.75) is 13.8 Å². The summed E-state index contributed by atoms with van der Waals surface area (Å²) in [7, 11) is -4.21. The van der Waals surface area contributed by atoms with Crippen LogP contribution in [0, 0.1) is 13.8 Å². The Morgan fingerprint density at radius 2 is 1.70 bits per heavy atom. The average molecular weight is 479 g/mol. The van der Waals surface area contributed by atoms with E-state index in [1.165, 1.54) is 10.4 Å². The maximum absolute atomic E-state index is 13.9. The first kappa shape index (κ1) is 22.8. The molecule has 0 saturated carbocycles. The number of nitrogens with one attached hydrogen (secondary N) is 1. The number of aryl methyl sites for hydroxylation is 2. The second-order valence-corrected chi connectivity index (χ2v) is 10.0. The molecule has 168 valence electrons. The maximum Gasteiger partial charge on any atom is 0.270 e. The number of sulfonamides is 1. The van der Waals surface area contributed by atoms with E-state index in [1.807, 2.05) is 38.1 Å². The van der Waals surface area contributed by atoms with E-state index in [-0.39, 0.29) is 11.4 Å². The summed E-state index contributed by atoms with van der Waals surface area (Å²) < 4.78 is 28.9. The Morgan fingerprint density at radius 3 is 2.33 bits per heavy atom. The van der Waals surface area contributed by atoms with E-state index in [0.717, 1.165) is 11.1 Å². The van der Waals surface area contributed by atoms with Gasteiger partial charge in [-0.25, -0.2) is 8.42 Å². The van der Waals surface area contributed by atoms with E-state index in [9.17, 15) is 13.2 Å². The molecule has 3 aromatic rings. The van der Waals surface area contributed by atoms with Crippen LogP contribution < -0.4 is 9.62 Å². The van der Waals surface area contributed by atoms with Gasteiger partial charge in [0.05, 0.1) is 12.2 Å². The zero-order valence-corrected chi connectivity index (χ0v) is 19.9. The van der Waals surface area contributed by atoms with Crippen LogP contribution in [-0.4, -0.2) is 20.9 Å². The number of benzene rings is 3. The number of amides is 1. The molecule has 0 bridgehead atoms. The van der Waals surface area contributed by atoms with Crippen LogP contribution in [0.25, 0.3) is 5.57 Å². The number of hydrogen-bond donors (Lipinski definition) is 1. The van der Waals surface area contributed by atoms with E-state index in [2.05, 4.69) is 11.9 Å². The summed E-state index contributed by atoms with van der Waals surface area (Å²) >= 11 is 6.31. The topological polar surface area (TPSA) is 66.5 Å². The molecule has 1 N–H and O–H groups in total. The number of hydrogen-bond acceptors (Lipinski definition) is 3. The van der Waals surface area contributed by atoms with E-state index < -0.39 is 15.9 Å². The van der Waals surface area contributed by atoms with Crippen LogP contribution in [0.15, 0.2) is 84.3 Å². The van der Waals surface area contributed by atoms with Crippen molar-refractivity contribution in [3.8, 4) is 0 Å². The van der Waals surface area contributed by atoms with Gasteiger partial charge < -0.3 is 5.32 Å². The van der Waals surface area contributed by atoms with Crippen LogP contribution in [0.1, 0.15) is 22.3 Å². The minimum absolute atomic E-state index is 0.0131. The summed E-state index contributed by atoms with van der Waals surface area (Å²) in [6.45, 7) is 7.44. The van der Waals surface area contributed by atoms with Crippen molar-refractivity contribution in [3.05, 3.63) is 112 Å². The zero-order valence-electron chi connectivity index (χ0n) is 18.3. The van der Waals surface area contributed by atoms with Crippen molar-refractivity contribution in [2.24, 2.45) is 0 Å². The molecule has 1 aliphatic rings. The number of anilines is 2. The highest BCUT2D eigenvalue weighted by atomic mass is 35.5. The Morgan fingerprint density at radius 1 is 1.03 bits per heavy atom. The maximum atomic E-state index is 13.9. The molecule has 0 aliphatic carbocycles. The van der Waals surface area contributed by atoms with Crippen LogP contribution in [-0.2, 0) is 14.8 Å². The molecule has 5 nitrogen and oxygen atoms in total. The number of carbonyl (C=O) groups excluding carboxylic acids is 1. The van der Waals surface area contributed by atoms with Gasteiger partial charge in [-0.2, -0.15) is 0 Å². The van der Waals surface area contributed by atoms with Crippen LogP contribution in [0.2, 0.25) is 5.02 Å². The quantitative estimate of drug-likeness (QED) is 0.479. The molecular weight excluding hydrogens is 456 g/mol. The predicted octanol–water partition coefficient (Wildman–Crippen LogP) is 5.69. The number of halogens is 1. The molecule has 33 heavy (non-hydrogen) atoms. The van der Waals surface area contributed by atoms with Gasteiger partial charge >= 0.3 is 0 Å². The Balaban J connectivity index is 2.03. The minimum Gasteiger partial charge on any atom is -0.321 e. The molecule has 4 rings (SSSR count). The minimum atomic E-state index is -4.21. The number of carbonyl (C=O) groups is 1. The lowest BCUT2D eigenvalue weighted by Gasteiger charge is -2.33. The first-order valence-electron chi connectivity index (χ1n) is 10.4. The normalized spacial score (nSPS) is 14.6. The summed E-state index contributed by atoms with van der Waals surface area (Å²) in [6, 6.07) is 19.6.